The molecule has 0 aliphatic rings. The monoisotopic (exact) mass is 245 g/mol. The molecule has 7 N–H and O–H groups in total. The molecule has 8 heteroatoms. The molecule has 16 heavy (non-hydrogen) atoms. The van der Waals surface area contributed by atoms with Crippen LogP contribution in [-0.4, -0.2) is 26.4 Å². The van der Waals surface area contributed by atoms with Crippen molar-refractivity contribution in [2.45, 2.75) is 0 Å². The van der Waals surface area contributed by atoms with E-state index in [2.05, 4.69) is 10.1 Å². The Morgan fingerprint density at radius 3 is 2.56 bits per heavy atom. The van der Waals surface area contributed by atoms with Crippen molar-refractivity contribution in [2.24, 2.45) is 5.16 Å². The molecular formula is C8H11N3O4S. The first-order chi connectivity index (χ1) is 6.85. The molecule has 88 valence electrons. The van der Waals surface area contributed by atoms with Crippen LogP contribution in [0.3, 0.4) is 0 Å². The molecule has 0 radical (unpaired) electrons. The van der Waals surface area contributed by atoms with Crippen LogP contribution >= 0.6 is 11.3 Å². The second kappa shape index (κ2) is 5.98. The van der Waals surface area contributed by atoms with Crippen LogP contribution in [0.2, 0.25) is 0 Å². The molecule has 0 unspecified atom stereocenters. The molecule has 2 rings (SSSR count). The summed E-state index contributed by atoms with van der Waals surface area (Å²) in [7, 11) is 0. The van der Waals surface area contributed by atoms with Crippen LogP contribution in [0.1, 0.15) is 0 Å². The molecule has 1 aromatic carbocycles. The summed E-state index contributed by atoms with van der Waals surface area (Å²) in [4.78, 5) is 4.06. The first kappa shape index (κ1) is 14.3. The van der Waals surface area contributed by atoms with E-state index in [9.17, 15) is 0 Å². The lowest BCUT2D eigenvalue weighted by Crippen LogP contribution is -2.08. The Labute approximate surface area is 93.9 Å². The van der Waals surface area contributed by atoms with Gasteiger partial charge < -0.3 is 16.2 Å². The van der Waals surface area contributed by atoms with Gasteiger partial charge in [0.05, 0.1) is 10.2 Å². The second-order valence-electron chi connectivity index (χ2n) is 2.55. The molecule has 1 aromatic heterocycles. The number of benzene rings is 1. The molecule has 0 spiro atoms. The Balaban J connectivity index is 0.00000112. The number of hydrogen-bond acceptors (Lipinski definition) is 6. The number of aromatic nitrogens is 1. The standard InChI is InChI=1S/C8H7N3O2S.2H2O/c12-10-7-8(11-13)14-6-4-2-1-3-5(6)9-7;;/h1-4,12-13H,(H,9,10);2*1H2/b11-8-;;. The Morgan fingerprint density at radius 2 is 1.94 bits per heavy atom. The summed E-state index contributed by atoms with van der Waals surface area (Å²) < 4.78 is 1.13. The minimum Gasteiger partial charge on any atom is -0.412 e. The Kier molecular flexibility index (Phi) is 5.33. The Morgan fingerprint density at radius 1 is 1.25 bits per heavy atom. The molecule has 0 saturated heterocycles. The van der Waals surface area contributed by atoms with Crippen molar-refractivity contribution in [3.05, 3.63) is 28.9 Å². The zero-order valence-electron chi connectivity index (χ0n) is 8.01. The molecule has 0 saturated carbocycles. The van der Waals surface area contributed by atoms with Gasteiger partial charge in [0.25, 0.3) is 0 Å². The average Bonchev–Trinajstić information content (AvgIpc) is 2.27. The van der Waals surface area contributed by atoms with Gasteiger partial charge in [-0.3, -0.25) is 5.21 Å². The molecule has 0 fully saturated rings. The van der Waals surface area contributed by atoms with Crippen molar-refractivity contribution in [3.8, 4) is 0 Å². The number of nitrogens with one attached hydrogen (secondary N) is 1. The third-order valence-corrected chi connectivity index (χ3v) is 2.74. The summed E-state index contributed by atoms with van der Waals surface area (Å²) in [5, 5.41) is 20.4. The molecule has 0 bridgehead atoms. The van der Waals surface area contributed by atoms with Crippen LogP contribution in [0.4, 0.5) is 5.82 Å². The molecule has 0 atom stereocenters. The molecule has 2 aromatic rings. The first-order valence-electron chi connectivity index (χ1n) is 3.83. The zero-order valence-corrected chi connectivity index (χ0v) is 8.82. The smallest absolute Gasteiger partial charge is 0.200 e. The lowest BCUT2D eigenvalue weighted by Gasteiger charge is -1.99. The van der Waals surface area contributed by atoms with E-state index in [1.165, 1.54) is 11.3 Å². The zero-order chi connectivity index (χ0) is 9.97. The van der Waals surface area contributed by atoms with Gasteiger partial charge in [0.1, 0.15) is 0 Å². The lowest BCUT2D eigenvalue weighted by molar-refractivity contribution is 0.302. The SMILES string of the molecule is O.O.O/N=c1\sc2ccccc2nc1NO. The topological polar surface area (TPSA) is 141 Å². The highest BCUT2D eigenvalue weighted by molar-refractivity contribution is 7.16. The number of anilines is 1. The third-order valence-electron chi connectivity index (χ3n) is 1.70. The van der Waals surface area contributed by atoms with E-state index in [1.54, 1.807) is 0 Å². The summed E-state index contributed by atoms with van der Waals surface area (Å²) in [6.45, 7) is 0. The molecule has 0 aliphatic heterocycles. The van der Waals surface area contributed by atoms with Gasteiger partial charge in [-0.1, -0.05) is 17.3 Å². The van der Waals surface area contributed by atoms with Gasteiger partial charge in [-0.2, -0.15) is 0 Å². The fraction of sp³-hybridized carbons (Fsp3) is 0. The Bertz CT molecular complexity index is 528. The predicted molar refractivity (Wildman–Crippen MR) is 59.6 cm³/mol. The summed E-state index contributed by atoms with van der Waals surface area (Å²) in [6, 6.07) is 7.39. The summed E-state index contributed by atoms with van der Waals surface area (Å²) in [5.41, 5.74) is 2.62. The van der Waals surface area contributed by atoms with Crippen LogP contribution in [0.5, 0.6) is 0 Å². The van der Waals surface area contributed by atoms with E-state index in [4.69, 9.17) is 10.4 Å². The molecular weight excluding hydrogens is 234 g/mol. The third kappa shape index (κ3) is 2.44. The number of nitrogens with zero attached hydrogens (tertiary/aromatic N) is 2. The quantitative estimate of drug-likeness (QED) is 0.470. The number of para-hydroxylation sites is 1. The van der Waals surface area contributed by atoms with Crippen LogP contribution in [-0.2, 0) is 0 Å². The molecule has 0 amide bonds. The van der Waals surface area contributed by atoms with Crippen molar-refractivity contribution in [1.29, 1.82) is 0 Å². The fourth-order valence-electron chi connectivity index (χ4n) is 1.10. The highest BCUT2D eigenvalue weighted by Gasteiger charge is 2.01. The van der Waals surface area contributed by atoms with E-state index in [0.717, 1.165) is 10.2 Å². The predicted octanol–water partition coefficient (Wildman–Crippen LogP) is -0.262. The van der Waals surface area contributed by atoms with Crippen LogP contribution in [0.15, 0.2) is 29.4 Å². The highest BCUT2D eigenvalue weighted by atomic mass is 32.1. The van der Waals surface area contributed by atoms with Crippen LogP contribution in [0, 0.1) is 0 Å². The fourth-order valence-corrected chi connectivity index (χ4v) is 1.90. The molecule has 0 aliphatic carbocycles. The maximum Gasteiger partial charge on any atom is 0.200 e. The van der Waals surface area contributed by atoms with Crippen molar-refractivity contribution < 1.29 is 21.4 Å². The first-order valence-corrected chi connectivity index (χ1v) is 4.65. The van der Waals surface area contributed by atoms with E-state index in [-0.39, 0.29) is 21.4 Å². The molecule has 7 nitrogen and oxygen atoms in total. The minimum atomic E-state index is 0. The van der Waals surface area contributed by atoms with Crippen molar-refractivity contribution in [1.82, 2.24) is 4.98 Å². The number of hydrogen-bond donors (Lipinski definition) is 3. The number of rotatable bonds is 1. The van der Waals surface area contributed by atoms with Gasteiger partial charge in [0, 0.05) is 0 Å². The van der Waals surface area contributed by atoms with Gasteiger partial charge in [-0.15, -0.1) is 11.3 Å². The highest BCUT2D eigenvalue weighted by Crippen LogP contribution is 2.14. The van der Waals surface area contributed by atoms with Crippen molar-refractivity contribution in [2.75, 3.05) is 5.48 Å². The van der Waals surface area contributed by atoms with Gasteiger partial charge in [0.2, 0.25) is 4.67 Å². The van der Waals surface area contributed by atoms with Crippen LogP contribution in [0.25, 0.3) is 10.2 Å². The lowest BCUT2D eigenvalue weighted by atomic mass is 10.3. The van der Waals surface area contributed by atoms with Gasteiger partial charge in [0.15, 0.2) is 5.82 Å². The summed E-state index contributed by atoms with van der Waals surface area (Å²) >= 11 is 1.24. The van der Waals surface area contributed by atoms with Crippen LogP contribution < -0.4 is 10.2 Å². The molecule has 1 heterocycles. The Hall–Kier alpha value is -1.74. The van der Waals surface area contributed by atoms with E-state index >= 15 is 0 Å². The van der Waals surface area contributed by atoms with Crippen molar-refractivity contribution >= 4 is 27.4 Å². The average molecular weight is 245 g/mol. The maximum atomic E-state index is 8.73. The summed E-state index contributed by atoms with van der Waals surface area (Å²) in [6.07, 6.45) is 0. The minimum absolute atomic E-state index is 0. The van der Waals surface area contributed by atoms with Gasteiger partial charge >= 0.3 is 0 Å². The van der Waals surface area contributed by atoms with E-state index < -0.39 is 0 Å². The normalized spacial score (nSPS) is 10.4. The second-order valence-corrected chi connectivity index (χ2v) is 3.58. The summed E-state index contributed by atoms with van der Waals surface area (Å²) in [5.74, 6) is 0.149. The van der Waals surface area contributed by atoms with Gasteiger partial charge in [-0.25, -0.2) is 10.5 Å². The maximum absolute atomic E-state index is 8.73. The van der Waals surface area contributed by atoms with E-state index in [0.29, 0.717) is 0 Å². The van der Waals surface area contributed by atoms with E-state index in [1.807, 2.05) is 29.7 Å². The van der Waals surface area contributed by atoms with Gasteiger partial charge in [-0.05, 0) is 12.1 Å². The van der Waals surface area contributed by atoms with Crippen molar-refractivity contribution in [3.63, 3.8) is 0 Å². The number of fused-ring (bicyclic) bond motifs is 1. The largest absolute Gasteiger partial charge is 0.412 e.